The Hall–Kier alpha value is -5.54. The minimum absolute atomic E-state index is 0.00118. The Kier molecular flexibility index (Phi) is 10.9. The lowest BCUT2D eigenvalue weighted by Crippen LogP contribution is -2.22. The average molecular weight is 831 g/mol. The maximum atomic E-state index is 11.1. The van der Waals surface area contributed by atoms with Gasteiger partial charge >= 0.3 is 12.0 Å². The molecule has 314 valence electrons. The van der Waals surface area contributed by atoms with Crippen LogP contribution in [0.1, 0.15) is 119 Å². The number of pyridine rings is 2. The molecule has 0 radical (unpaired) electrons. The van der Waals surface area contributed by atoms with Crippen molar-refractivity contribution in [3.8, 4) is 23.2 Å². The molecule has 2 fully saturated rings. The van der Waals surface area contributed by atoms with E-state index in [-0.39, 0.29) is 35.0 Å². The zero-order valence-corrected chi connectivity index (χ0v) is 36.5. The average Bonchev–Trinajstić information content (AvgIpc) is 4.04. The van der Waals surface area contributed by atoms with E-state index in [0.29, 0.717) is 41.7 Å². The number of fused-ring (bicyclic) bond motifs is 2. The number of rotatable bonds is 11. The van der Waals surface area contributed by atoms with Gasteiger partial charge in [-0.3, -0.25) is 4.99 Å². The Morgan fingerprint density at radius 3 is 1.60 bits per heavy atom. The molecule has 2 aliphatic carbocycles. The normalized spacial score (nSPS) is 15.7. The highest BCUT2D eigenvalue weighted by Gasteiger charge is 2.30. The number of hydrogen-bond acceptors (Lipinski definition) is 13. The zero-order valence-electron chi connectivity index (χ0n) is 35.7. The van der Waals surface area contributed by atoms with Gasteiger partial charge < -0.3 is 19.5 Å². The fourth-order valence-electron chi connectivity index (χ4n) is 7.49. The van der Waals surface area contributed by atoms with E-state index in [1.54, 1.807) is 0 Å². The van der Waals surface area contributed by atoms with Gasteiger partial charge in [0.25, 0.3) is 11.8 Å². The molecular weight excluding hydrogens is 777 g/mol. The molecule has 14 nitrogen and oxygen atoms in total. The Bertz CT molecular complexity index is 2770. The maximum absolute atomic E-state index is 11.1. The first-order valence-corrected chi connectivity index (χ1v) is 22.4. The van der Waals surface area contributed by atoms with Crippen LogP contribution >= 0.6 is 0 Å². The standard InChI is InChI=1S/C24H27N5O.C21H27N5O3S/c1-14-10-20(22-28-29-23(30-22)26-13-17-6-5-9-25-17)27-21-18(14)11-16(15-7-8-15)12-19(21)24(2,3)4;1-12-9-17(19-25-26-20(29-19)23-7-8-30(22,27)28)24-18-15(12)10-14(13-5-6-13)11-16(18)21(2,3)4/h5,9-12,15H,6-8,13H2,1-4H3,(H,26,29);9-11,13H,5-8H2,1-4H3,(H,23,26)(H2,22,27,28). The summed E-state index contributed by atoms with van der Waals surface area (Å²) in [5, 5.41) is 29.7. The quantitative estimate of drug-likeness (QED) is 0.112. The van der Waals surface area contributed by atoms with Crippen LogP contribution in [0.15, 0.2) is 62.5 Å². The molecule has 0 bridgehead atoms. The summed E-state index contributed by atoms with van der Waals surface area (Å²) < 4.78 is 33.6. The molecule has 2 saturated carbocycles. The van der Waals surface area contributed by atoms with Crippen LogP contribution in [0.25, 0.3) is 45.0 Å². The summed E-state index contributed by atoms with van der Waals surface area (Å²) in [6.45, 7) is 18.2. The van der Waals surface area contributed by atoms with Crippen molar-refractivity contribution in [1.82, 2.24) is 30.4 Å². The van der Waals surface area contributed by atoms with Crippen LogP contribution in [-0.2, 0) is 20.9 Å². The van der Waals surface area contributed by atoms with Gasteiger partial charge in [0.1, 0.15) is 11.4 Å². The molecule has 0 saturated heterocycles. The fraction of sp³-hybridized carbons (Fsp3) is 0.444. The summed E-state index contributed by atoms with van der Waals surface area (Å²) in [6, 6.07) is 13.8. The Balaban J connectivity index is 0.000000166. The number of nitrogens with one attached hydrogen (secondary N) is 2. The van der Waals surface area contributed by atoms with Crippen molar-refractivity contribution in [2.75, 3.05) is 29.5 Å². The first-order valence-electron chi connectivity index (χ1n) is 20.7. The molecule has 5 heterocycles. The van der Waals surface area contributed by atoms with Crippen molar-refractivity contribution < 1.29 is 17.3 Å². The number of nitrogens with zero attached hydrogens (tertiary/aromatic N) is 7. The Morgan fingerprint density at radius 1 is 0.700 bits per heavy atom. The number of benzene rings is 2. The van der Waals surface area contributed by atoms with Crippen molar-refractivity contribution in [2.24, 2.45) is 10.1 Å². The summed E-state index contributed by atoms with van der Waals surface area (Å²) in [4.78, 5) is 14.2. The second-order valence-corrected chi connectivity index (χ2v) is 20.1. The highest BCUT2D eigenvalue weighted by atomic mass is 32.2. The summed E-state index contributed by atoms with van der Waals surface area (Å²) in [5.41, 5.74) is 11.9. The van der Waals surface area contributed by atoms with Crippen LogP contribution in [0.3, 0.4) is 0 Å². The summed E-state index contributed by atoms with van der Waals surface area (Å²) in [5.74, 6) is 1.86. The van der Waals surface area contributed by atoms with Crippen molar-refractivity contribution in [2.45, 2.75) is 110 Å². The van der Waals surface area contributed by atoms with E-state index in [1.165, 1.54) is 58.9 Å². The molecule has 4 N–H and O–H groups in total. The number of primary sulfonamides is 1. The highest BCUT2D eigenvalue weighted by molar-refractivity contribution is 7.89. The molecule has 9 rings (SSSR count). The molecule has 0 atom stereocenters. The van der Waals surface area contributed by atoms with Crippen LogP contribution in [0.4, 0.5) is 12.0 Å². The molecular formula is C45H54N10O4S. The van der Waals surface area contributed by atoms with Crippen LogP contribution in [0, 0.1) is 13.8 Å². The van der Waals surface area contributed by atoms with Crippen molar-refractivity contribution in [3.05, 3.63) is 82.1 Å². The summed E-state index contributed by atoms with van der Waals surface area (Å²) >= 11 is 0. The number of nitrogens with two attached hydrogens (primary N) is 1. The van der Waals surface area contributed by atoms with Crippen molar-refractivity contribution >= 4 is 49.6 Å². The highest BCUT2D eigenvalue weighted by Crippen LogP contribution is 2.45. The van der Waals surface area contributed by atoms with Gasteiger partial charge in [-0.25, -0.2) is 23.5 Å². The third kappa shape index (κ3) is 9.42. The van der Waals surface area contributed by atoms with E-state index in [1.807, 2.05) is 24.4 Å². The molecule has 0 spiro atoms. The lowest BCUT2D eigenvalue weighted by molar-refractivity contribution is 0.577. The van der Waals surface area contributed by atoms with E-state index in [9.17, 15) is 8.42 Å². The van der Waals surface area contributed by atoms with E-state index in [2.05, 4.69) is 116 Å². The molecule has 0 amide bonds. The summed E-state index contributed by atoms with van der Waals surface area (Å²) in [6.07, 6.45) is 9.79. The minimum atomic E-state index is -3.56. The number of hydrogen-bond donors (Lipinski definition) is 3. The van der Waals surface area contributed by atoms with E-state index in [0.717, 1.165) is 34.1 Å². The molecule has 3 aliphatic rings. The topological polar surface area (TPSA) is 200 Å². The number of aliphatic imine (C=N–C) groups is 1. The van der Waals surface area contributed by atoms with E-state index in [4.69, 9.17) is 23.9 Å². The first kappa shape index (κ1) is 41.2. The number of aromatic nitrogens is 6. The minimum Gasteiger partial charge on any atom is -0.402 e. The van der Waals surface area contributed by atoms with E-state index < -0.39 is 10.0 Å². The number of sulfonamides is 1. The molecule has 6 aromatic rings. The van der Waals surface area contributed by atoms with Gasteiger partial charge in [-0.15, -0.1) is 10.2 Å². The largest absolute Gasteiger partial charge is 0.402 e. The SMILES string of the molecule is Cc1cc(-c2nnc(NCC3=NC=CC3)o2)nc2c(C(C)(C)C)cc(C3CC3)cc12.Cc1cc(-c2nnc(NCCS(N)(=O)=O)o2)nc2c(C(C)(C)C)cc(C3CC3)cc12. The second-order valence-electron chi connectivity index (χ2n) is 18.4. The lowest BCUT2D eigenvalue weighted by atomic mass is 9.83. The predicted molar refractivity (Wildman–Crippen MR) is 237 cm³/mol. The van der Waals surface area contributed by atoms with Gasteiger partial charge in [-0.2, -0.15) is 0 Å². The number of allylic oxidation sites excluding steroid dienone is 1. The third-order valence-electron chi connectivity index (χ3n) is 11.1. The van der Waals surface area contributed by atoms with Gasteiger partial charge in [0.2, 0.25) is 10.0 Å². The lowest BCUT2D eigenvalue weighted by Gasteiger charge is -2.23. The van der Waals surface area contributed by atoms with Gasteiger partial charge in [-0.05, 0) is 120 Å². The monoisotopic (exact) mass is 830 g/mol. The number of anilines is 2. The van der Waals surface area contributed by atoms with Crippen molar-refractivity contribution in [3.63, 3.8) is 0 Å². The van der Waals surface area contributed by atoms with Gasteiger partial charge in [0.05, 0.1) is 23.3 Å². The molecule has 4 aromatic heterocycles. The third-order valence-corrected chi connectivity index (χ3v) is 11.9. The Morgan fingerprint density at radius 2 is 1.18 bits per heavy atom. The van der Waals surface area contributed by atoms with Crippen LogP contribution in [-0.4, -0.2) is 63.3 Å². The molecule has 1 aliphatic heterocycles. The maximum Gasteiger partial charge on any atom is 0.316 e. The second kappa shape index (κ2) is 15.8. The summed E-state index contributed by atoms with van der Waals surface area (Å²) in [7, 11) is -3.56. The van der Waals surface area contributed by atoms with Crippen molar-refractivity contribution in [1.29, 1.82) is 0 Å². The predicted octanol–water partition coefficient (Wildman–Crippen LogP) is 9.01. The van der Waals surface area contributed by atoms with Crippen LogP contribution < -0.4 is 15.8 Å². The smallest absolute Gasteiger partial charge is 0.316 e. The number of aryl methyl sites for hydroxylation is 2. The van der Waals surface area contributed by atoms with Gasteiger partial charge in [-0.1, -0.05) is 69.9 Å². The molecule has 60 heavy (non-hydrogen) atoms. The fourth-order valence-corrected chi connectivity index (χ4v) is 7.87. The molecule has 15 heteroatoms. The van der Waals surface area contributed by atoms with Gasteiger partial charge in [0, 0.05) is 35.6 Å². The van der Waals surface area contributed by atoms with Crippen LogP contribution in [0.5, 0.6) is 0 Å². The first-order chi connectivity index (χ1) is 28.4. The zero-order chi connectivity index (χ0) is 42.6. The van der Waals surface area contributed by atoms with E-state index >= 15 is 0 Å². The molecule has 2 aromatic carbocycles. The Labute approximate surface area is 351 Å². The van der Waals surface area contributed by atoms with Crippen LogP contribution in [0.2, 0.25) is 0 Å². The molecule has 0 unspecified atom stereocenters. The van der Waals surface area contributed by atoms with Gasteiger partial charge in [0.15, 0.2) is 0 Å².